The lowest BCUT2D eigenvalue weighted by Crippen LogP contribution is -2.54. The highest BCUT2D eigenvalue weighted by Gasteiger charge is 2.54. The third-order valence-corrected chi connectivity index (χ3v) is 8.75. The van der Waals surface area contributed by atoms with E-state index in [0.29, 0.717) is 18.3 Å². The average Bonchev–Trinajstić information content (AvgIpc) is 2.70. The van der Waals surface area contributed by atoms with Gasteiger partial charge in [0.2, 0.25) is 0 Å². The zero-order valence-electron chi connectivity index (χ0n) is 22.2. The summed E-state index contributed by atoms with van der Waals surface area (Å²) >= 11 is 0. The van der Waals surface area contributed by atoms with Crippen molar-refractivity contribution in [3.63, 3.8) is 0 Å². The van der Waals surface area contributed by atoms with Crippen molar-refractivity contribution in [1.82, 2.24) is 0 Å². The molecule has 4 atom stereocenters. The normalized spacial score (nSPS) is 30.9. The van der Waals surface area contributed by atoms with E-state index < -0.39 is 0 Å². The number of rotatable bonds is 9. The quantitative estimate of drug-likeness (QED) is 0.351. The number of halogens is 1. The van der Waals surface area contributed by atoms with Gasteiger partial charge >= 0.3 is 0 Å². The van der Waals surface area contributed by atoms with Gasteiger partial charge in [-0.05, 0) is 121 Å². The molecule has 0 aliphatic heterocycles. The molecule has 0 heterocycles. The Labute approximate surface area is 198 Å². The lowest BCUT2D eigenvalue weighted by atomic mass is 9.47. The second-order valence-electron chi connectivity index (χ2n) is 11.8. The van der Waals surface area contributed by atoms with Gasteiger partial charge in [-0.15, -0.1) is 0 Å². The fourth-order valence-electron chi connectivity index (χ4n) is 6.44. The van der Waals surface area contributed by atoms with Crippen LogP contribution in [-0.2, 0) is 0 Å². The first-order chi connectivity index (χ1) is 14.9. The highest BCUT2D eigenvalue weighted by molar-refractivity contribution is 5.20. The van der Waals surface area contributed by atoms with E-state index in [4.69, 9.17) is 0 Å². The van der Waals surface area contributed by atoms with Crippen LogP contribution in [0.5, 0.6) is 0 Å². The summed E-state index contributed by atoms with van der Waals surface area (Å²) < 4.78 is 15.0. The molecule has 32 heavy (non-hydrogen) atoms. The van der Waals surface area contributed by atoms with Crippen LogP contribution in [0, 0.1) is 22.7 Å². The van der Waals surface area contributed by atoms with Crippen LogP contribution in [0.2, 0.25) is 0 Å². The smallest absolute Gasteiger partial charge is 0.0989 e. The second kappa shape index (κ2) is 11.3. The number of hydrogen-bond acceptors (Lipinski definition) is 1. The van der Waals surface area contributed by atoms with Gasteiger partial charge < -0.3 is 5.11 Å². The molecular weight excluding hydrogens is 395 g/mol. The molecule has 2 rings (SSSR count). The maximum Gasteiger partial charge on any atom is 0.0989 e. The minimum atomic E-state index is -0.231. The fourth-order valence-corrected chi connectivity index (χ4v) is 6.44. The molecular formula is C30H49FO. The SMILES string of the molecule is CC(C)=CCC/C(C)=C/CC/C(C)=C(\F)CCC1C(C)=CCC2C(C)(C)[C@@H](O)CC[C@]12C. The number of aliphatic hydroxyl groups is 1. The van der Waals surface area contributed by atoms with Gasteiger partial charge in [-0.1, -0.05) is 55.7 Å². The first-order valence-corrected chi connectivity index (χ1v) is 12.9. The molecule has 1 fully saturated rings. The zero-order valence-corrected chi connectivity index (χ0v) is 22.2. The third-order valence-electron chi connectivity index (χ3n) is 8.75. The maximum absolute atomic E-state index is 15.0. The predicted molar refractivity (Wildman–Crippen MR) is 137 cm³/mol. The van der Waals surface area contributed by atoms with Crippen molar-refractivity contribution in [2.75, 3.05) is 0 Å². The summed E-state index contributed by atoms with van der Waals surface area (Å²) in [6.07, 6.45) is 15.0. The molecule has 2 aliphatic rings. The van der Waals surface area contributed by atoms with Crippen LogP contribution in [0.4, 0.5) is 4.39 Å². The molecule has 0 bridgehead atoms. The Bertz CT molecular complexity index is 762. The van der Waals surface area contributed by atoms with Crippen molar-refractivity contribution in [2.45, 2.75) is 119 Å². The first-order valence-electron chi connectivity index (χ1n) is 12.9. The Balaban J connectivity index is 1.97. The summed E-state index contributed by atoms with van der Waals surface area (Å²) in [5, 5.41) is 10.6. The van der Waals surface area contributed by atoms with Gasteiger partial charge in [0.05, 0.1) is 11.9 Å². The standard InChI is InChI=1S/C30H49FO/c1-21(2)11-9-12-22(3)13-10-14-24(5)26(31)17-16-25-23(4)15-18-27-29(6,7)28(32)19-20-30(25,27)8/h11,13,15,25,27-28,32H,9-10,12,14,16-20H2,1-8H3/b22-13+,26-24-/t25?,27?,28-,30+/m0/s1. The molecule has 0 amide bonds. The van der Waals surface area contributed by atoms with Crippen molar-refractivity contribution >= 4 is 0 Å². The summed E-state index contributed by atoms with van der Waals surface area (Å²) in [6.45, 7) is 17.5. The van der Waals surface area contributed by atoms with Crippen molar-refractivity contribution in [2.24, 2.45) is 22.7 Å². The van der Waals surface area contributed by atoms with E-state index in [-0.39, 0.29) is 22.8 Å². The van der Waals surface area contributed by atoms with Gasteiger partial charge in [0.1, 0.15) is 0 Å². The molecule has 0 spiro atoms. The maximum atomic E-state index is 15.0. The van der Waals surface area contributed by atoms with Crippen LogP contribution in [0.1, 0.15) is 113 Å². The summed E-state index contributed by atoms with van der Waals surface area (Å²) in [4.78, 5) is 0. The molecule has 2 aliphatic carbocycles. The average molecular weight is 445 g/mol. The van der Waals surface area contributed by atoms with Gasteiger partial charge in [0.15, 0.2) is 0 Å². The zero-order chi connectivity index (χ0) is 24.1. The number of fused-ring (bicyclic) bond motifs is 1. The predicted octanol–water partition coefficient (Wildman–Crippen LogP) is 9.25. The summed E-state index contributed by atoms with van der Waals surface area (Å²) in [7, 11) is 0. The molecule has 2 unspecified atom stereocenters. The Kier molecular flexibility index (Phi) is 9.58. The second-order valence-corrected chi connectivity index (χ2v) is 11.8. The fraction of sp³-hybridized carbons (Fsp3) is 0.733. The highest BCUT2D eigenvalue weighted by atomic mass is 19.1. The highest BCUT2D eigenvalue weighted by Crippen LogP contribution is 2.60. The summed E-state index contributed by atoms with van der Waals surface area (Å²) in [5.74, 6) is 0.957. The molecule has 0 radical (unpaired) electrons. The third kappa shape index (κ3) is 6.46. The lowest BCUT2D eigenvalue weighted by Gasteiger charge is -2.58. The Morgan fingerprint density at radius 1 is 1.06 bits per heavy atom. The Morgan fingerprint density at radius 2 is 1.72 bits per heavy atom. The molecule has 0 aromatic rings. The monoisotopic (exact) mass is 444 g/mol. The van der Waals surface area contributed by atoms with Gasteiger partial charge in [0, 0.05) is 0 Å². The minimum Gasteiger partial charge on any atom is -0.393 e. The van der Waals surface area contributed by atoms with Crippen molar-refractivity contribution in [3.05, 3.63) is 46.3 Å². The summed E-state index contributed by atoms with van der Waals surface area (Å²) in [6, 6.07) is 0. The van der Waals surface area contributed by atoms with Gasteiger partial charge in [-0.25, -0.2) is 4.39 Å². The van der Waals surface area contributed by atoms with Crippen molar-refractivity contribution < 1.29 is 9.50 Å². The molecule has 0 aromatic heterocycles. The number of allylic oxidation sites excluding steroid dienone is 8. The van der Waals surface area contributed by atoms with E-state index in [2.05, 4.69) is 66.7 Å². The molecule has 0 aromatic carbocycles. The van der Waals surface area contributed by atoms with Crippen molar-refractivity contribution in [1.29, 1.82) is 0 Å². The lowest BCUT2D eigenvalue weighted by molar-refractivity contribution is -0.115. The molecule has 1 N–H and O–H groups in total. The van der Waals surface area contributed by atoms with Crippen LogP contribution in [0.25, 0.3) is 0 Å². The van der Waals surface area contributed by atoms with E-state index in [1.165, 1.54) is 16.7 Å². The van der Waals surface area contributed by atoms with Gasteiger partial charge in [0.25, 0.3) is 0 Å². The largest absolute Gasteiger partial charge is 0.393 e. The Hall–Kier alpha value is -1.15. The van der Waals surface area contributed by atoms with Crippen LogP contribution in [-0.4, -0.2) is 11.2 Å². The molecule has 0 saturated heterocycles. The van der Waals surface area contributed by atoms with E-state index >= 15 is 4.39 Å². The van der Waals surface area contributed by atoms with Gasteiger partial charge in [-0.2, -0.15) is 0 Å². The topological polar surface area (TPSA) is 20.2 Å². The Morgan fingerprint density at radius 3 is 2.38 bits per heavy atom. The molecule has 1 saturated carbocycles. The van der Waals surface area contributed by atoms with E-state index in [1.54, 1.807) is 0 Å². The summed E-state index contributed by atoms with van der Waals surface area (Å²) in [5.41, 5.74) is 5.19. The molecule has 2 heteroatoms. The van der Waals surface area contributed by atoms with E-state index in [9.17, 15) is 5.11 Å². The van der Waals surface area contributed by atoms with Crippen LogP contribution >= 0.6 is 0 Å². The van der Waals surface area contributed by atoms with Crippen molar-refractivity contribution in [3.8, 4) is 0 Å². The first kappa shape index (κ1) is 27.1. The van der Waals surface area contributed by atoms with E-state index in [1.807, 2.05) is 6.92 Å². The molecule has 1 nitrogen and oxygen atoms in total. The number of aliphatic hydroxyl groups excluding tert-OH is 1. The van der Waals surface area contributed by atoms with E-state index in [0.717, 1.165) is 56.9 Å². The number of hydrogen-bond donors (Lipinski definition) is 1. The van der Waals surface area contributed by atoms with Crippen LogP contribution in [0.15, 0.2) is 46.3 Å². The van der Waals surface area contributed by atoms with Crippen LogP contribution in [0.3, 0.4) is 0 Å². The minimum absolute atomic E-state index is 0.0808. The van der Waals surface area contributed by atoms with Gasteiger partial charge in [-0.3, -0.25) is 0 Å². The van der Waals surface area contributed by atoms with Crippen LogP contribution < -0.4 is 0 Å². The molecule has 182 valence electrons.